The van der Waals surface area contributed by atoms with Gasteiger partial charge in [0.15, 0.2) is 0 Å². The van der Waals surface area contributed by atoms with Crippen molar-refractivity contribution in [2.24, 2.45) is 0 Å². The fourth-order valence-electron chi connectivity index (χ4n) is 5.76. The molecule has 3 aliphatic rings. The number of aromatic nitrogens is 2. The first kappa shape index (κ1) is 21.7. The van der Waals surface area contributed by atoms with Crippen molar-refractivity contribution in [3.63, 3.8) is 0 Å². The molecule has 2 saturated carbocycles. The van der Waals surface area contributed by atoms with Crippen LogP contribution in [0.4, 0.5) is 0 Å². The zero-order chi connectivity index (χ0) is 21.6. The number of nitrogens with one attached hydrogen (secondary N) is 1. The molecule has 0 atom stereocenters. The molecule has 172 valence electrons. The highest BCUT2D eigenvalue weighted by atomic mass is 32.3. The maximum atomic E-state index is 13.4. The van der Waals surface area contributed by atoms with Crippen LogP contribution in [0.5, 0.6) is 0 Å². The molecule has 9 heteroatoms. The summed E-state index contributed by atoms with van der Waals surface area (Å²) in [5.74, 6) is 0.309. The monoisotopic (exact) mass is 466 g/mol. The van der Waals surface area contributed by atoms with Crippen molar-refractivity contribution in [1.82, 2.24) is 19.4 Å². The predicted molar refractivity (Wildman–Crippen MR) is 127 cm³/mol. The quantitative estimate of drug-likeness (QED) is 0.540. The van der Waals surface area contributed by atoms with Gasteiger partial charge in [-0.2, -0.15) is 9.40 Å². The van der Waals surface area contributed by atoms with E-state index in [-0.39, 0.29) is 5.91 Å². The number of rotatable bonds is 4. The number of carbonyl (C=O) groups is 1. The third-order valence-corrected chi connectivity index (χ3v) is 10.5. The van der Waals surface area contributed by atoms with Gasteiger partial charge in [0.25, 0.3) is 5.91 Å². The molecule has 0 aromatic carbocycles. The first-order valence-electron chi connectivity index (χ1n) is 11.7. The predicted octanol–water partition coefficient (Wildman–Crippen LogP) is 5.67. The third-order valence-electron chi connectivity index (χ3n) is 7.35. The molecular formula is C22H34N4O3S2. The first-order chi connectivity index (χ1) is 14.9. The van der Waals surface area contributed by atoms with Crippen molar-refractivity contribution in [2.75, 3.05) is 12.3 Å². The molecule has 7 nitrogen and oxygen atoms in total. The van der Waals surface area contributed by atoms with Crippen LogP contribution in [-0.2, 0) is 0 Å². The smallest absolute Gasteiger partial charge is 0.262 e. The van der Waals surface area contributed by atoms with E-state index in [9.17, 15) is 13.9 Å². The number of hydrogen-bond acceptors (Lipinski definition) is 6. The molecule has 31 heavy (non-hydrogen) atoms. The van der Waals surface area contributed by atoms with Gasteiger partial charge in [0.2, 0.25) is 0 Å². The highest BCUT2D eigenvalue weighted by molar-refractivity contribution is 8.22. The van der Waals surface area contributed by atoms with Gasteiger partial charge in [0.05, 0.1) is 22.4 Å². The van der Waals surface area contributed by atoms with Gasteiger partial charge < -0.3 is 5.32 Å². The largest absolute Gasteiger partial charge is 0.332 e. The Morgan fingerprint density at radius 2 is 1.87 bits per heavy atom. The van der Waals surface area contributed by atoms with Crippen molar-refractivity contribution in [3.05, 3.63) is 16.6 Å². The van der Waals surface area contributed by atoms with E-state index in [0.29, 0.717) is 23.2 Å². The molecule has 2 aromatic heterocycles. The van der Waals surface area contributed by atoms with Crippen molar-refractivity contribution < 1.29 is 13.9 Å². The summed E-state index contributed by atoms with van der Waals surface area (Å²) < 4.78 is 25.3. The van der Waals surface area contributed by atoms with E-state index in [4.69, 9.17) is 5.10 Å². The molecule has 1 amide bonds. The fourth-order valence-corrected chi connectivity index (χ4v) is 8.83. The summed E-state index contributed by atoms with van der Waals surface area (Å²) in [4.78, 5) is 15.2. The lowest BCUT2D eigenvalue weighted by Crippen LogP contribution is -2.60. The van der Waals surface area contributed by atoms with Crippen molar-refractivity contribution in [3.8, 4) is 0 Å². The Hall–Kier alpha value is -1.13. The minimum atomic E-state index is -2.81. The molecule has 1 saturated heterocycles. The van der Waals surface area contributed by atoms with Gasteiger partial charge in [0, 0.05) is 11.9 Å². The summed E-state index contributed by atoms with van der Waals surface area (Å²) in [6.07, 6.45) is 11.5. The van der Waals surface area contributed by atoms with Crippen molar-refractivity contribution in [2.45, 2.75) is 89.3 Å². The van der Waals surface area contributed by atoms with Gasteiger partial charge in [-0.3, -0.25) is 18.6 Å². The number of hydrogen-bond donors (Lipinski definition) is 3. The molecule has 0 bridgehead atoms. The summed E-state index contributed by atoms with van der Waals surface area (Å²) in [5, 5.41) is 9.17. The summed E-state index contributed by atoms with van der Waals surface area (Å²) in [7, 11) is -2.81. The van der Waals surface area contributed by atoms with E-state index in [2.05, 4.69) is 10.00 Å². The lowest BCUT2D eigenvalue weighted by Gasteiger charge is -2.51. The molecule has 3 heterocycles. The molecule has 3 fully saturated rings. The second-order valence-electron chi connectivity index (χ2n) is 9.49. The SMILES string of the molecule is Cc1nn(C2CCCCC2)c2sc(C(=O)NC3(N4CCCS4(O)O)CCCCC3)cc12. The van der Waals surface area contributed by atoms with E-state index in [1.807, 2.05) is 17.3 Å². The van der Waals surface area contributed by atoms with E-state index >= 15 is 0 Å². The standard InChI is InChI=1S/C22H34N4O3S2/c1-16-18-15-19(30-21(18)26(24-16)17-9-4-2-5-10-17)20(27)23-22(11-6-3-7-12-22)25-13-8-14-31(25,28)29/h15,17,28-29H,2-14H2,1H3,(H,23,27). The number of carbonyl (C=O) groups excluding carboxylic acids is 1. The van der Waals surface area contributed by atoms with E-state index in [1.165, 1.54) is 30.6 Å². The van der Waals surface area contributed by atoms with Gasteiger partial charge in [0.1, 0.15) is 10.5 Å². The number of nitrogens with zero attached hydrogens (tertiary/aromatic N) is 3. The second-order valence-corrected chi connectivity index (χ2v) is 12.6. The molecule has 2 aliphatic carbocycles. The van der Waals surface area contributed by atoms with Crippen LogP contribution < -0.4 is 5.32 Å². The van der Waals surface area contributed by atoms with Crippen LogP contribution in [0, 0.1) is 6.92 Å². The first-order valence-corrected chi connectivity index (χ1v) is 14.2. The van der Waals surface area contributed by atoms with Gasteiger partial charge in [-0.05, 0) is 57.9 Å². The van der Waals surface area contributed by atoms with Crippen LogP contribution in [0.25, 0.3) is 10.2 Å². The molecule has 0 radical (unpaired) electrons. The Bertz CT molecular complexity index is 958. The summed E-state index contributed by atoms with van der Waals surface area (Å²) in [6.45, 7) is 2.66. The summed E-state index contributed by atoms with van der Waals surface area (Å²) in [5.41, 5.74) is 0.336. The van der Waals surface area contributed by atoms with Gasteiger partial charge in [-0.1, -0.05) is 25.7 Å². The van der Waals surface area contributed by atoms with Crippen LogP contribution in [0.1, 0.15) is 92.0 Å². The minimum absolute atomic E-state index is 0.0974. The molecule has 1 aliphatic heterocycles. The molecule has 0 spiro atoms. The van der Waals surface area contributed by atoms with Gasteiger partial charge in [-0.25, -0.2) is 0 Å². The lowest BCUT2D eigenvalue weighted by molar-refractivity contribution is 0.0631. The highest BCUT2D eigenvalue weighted by Crippen LogP contribution is 2.54. The number of thiophene rings is 1. The Morgan fingerprint density at radius 1 is 1.16 bits per heavy atom. The number of aryl methyl sites for hydroxylation is 1. The molecule has 5 rings (SSSR count). The Labute approximate surface area is 189 Å². The second kappa shape index (κ2) is 8.33. The third kappa shape index (κ3) is 3.93. The number of amides is 1. The normalized spacial score (nSPS) is 25.6. The maximum Gasteiger partial charge on any atom is 0.262 e. The molecule has 0 unspecified atom stereocenters. The lowest BCUT2D eigenvalue weighted by atomic mass is 9.88. The van der Waals surface area contributed by atoms with Crippen LogP contribution in [0.2, 0.25) is 0 Å². The minimum Gasteiger partial charge on any atom is -0.332 e. The van der Waals surface area contributed by atoms with Crippen LogP contribution in [0.15, 0.2) is 6.07 Å². The van der Waals surface area contributed by atoms with E-state index in [1.54, 1.807) is 0 Å². The maximum absolute atomic E-state index is 13.4. The Kier molecular flexibility index (Phi) is 5.83. The van der Waals surface area contributed by atoms with Crippen LogP contribution in [0.3, 0.4) is 0 Å². The Morgan fingerprint density at radius 3 is 2.55 bits per heavy atom. The van der Waals surface area contributed by atoms with Crippen molar-refractivity contribution in [1.29, 1.82) is 0 Å². The molecule has 3 N–H and O–H groups in total. The van der Waals surface area contributed by atoms with Gasteiger partial charge >= 0.3 is 0 Å². The Balaban J connectivity index is 1.43. The highest BCUT2D eigenvalue weighted by Gasteiger charge is 2.47. The fraction of sp³-hybridized carbons (Fsp3) is 0.727. The summed E-state index contributed by atoms with van der Waals surface area (Å²) in [6, 6.07) is 2.41. The topological polar surface area (TPSA) is 90.6 Å². The van der Waals surface area contributed by atoms with Gasteiger partial charge in [-0.15, -0.1) is 22.1 Å². The van der Waals surface area contributed by atoms with Crippen LogP contribution >= 0.6 is 22.1 Å². The zero-order valence-corrected chi connectivity index (χ0v) is 19.9. The molecular weight excluding hydrogens is 432 g/mol. The average Bonchev–Trinajstić information content (AvgIpc) is 3.44. The van der Waals surface area contributed by atoms with E-state index < -0.39 is 16.4 Å². The average molecular weight is 467 g/mol. The summed E-state index contributed by atoms with van der Waals surface area (Å²) >= 11 is 1.53. The van der Waals surface area contributed by atoms with Crippen LogP contribution in [-0.4, -0.2) is 47.1 Å². The molecule has 2 aromatic rings. The van der Waals surface area contributed by atoms with E-state index in [0.717, 1.165) is 67.3 Å². The van der Waals surface area contributed by atoms with Crippen molar-refractivity contribution >= 4 is 38.2 Å². The number of fused-ring (bicyclic) bond motifs is 1. The zero-order valence-electron chi connectivity index (χ0n) is 18.3.